The topological polar surface area (TPSA) is 60.3 Å². The van der Waals surface area contributed by atoms with Crippen molar-refractivity contribution in [2.75, 3.05) is 7.11 Å². The number of carbonyl (C=O) groups is 2. The standard InChI is InChI=1S/C26H28ClFN2O3/c1-16(18-5-7-20(8-6-18)26(32)33-2)29-25(31)23-22(28)12-9-19-13-14-30(24(19)23)15-17-3-10-21(27)11-4-17/h3-4,9-14,16,18,20H,5-8,15H2,1-2H3,(H,29,31)/t16?,18-,20-. The molecule has 7 heteroatoms. The molecule has 1 N–H and O–H groups in total. The van der Waals surface area contributed by atoms with E-state index in [4.69, 9.17) is 16.3 Å². The summed E-state index contributed by atoms with van der Waals surface area (Å²) in [5, 5.41) is 4.48. The lowest BCUT2D eigenvalue weighted by Crippen LogP contribution is -2.40. The number of carbonyl (C=O) groups excluding carboxylic acids is 2. The molecule has 1 heterocycles. The Morgan fingerprint density at radius 2 is 1.82 bits per heavy atom. The fourth-order valence-corrected chi connectivity index (χ4v) is 4.95. The Hall–Kier alpha value is -2.86. The first kappa shape index (κ1) is 23.3. The van der Waals surface area contributed by atoms with Gasteiger partial charge in [-0.2, -0.15) is 0 Å². The van der Waals surface area contributed by atoms with Crippen molar-refractivity contribution in [3.63, 3.8) is 0 Å². The molecule has 1 amide bonds. The van der Waals surface area contributed by atoms with Gasteiger partial charge in [-0.15, -0.1) is 0 Å². The van der Waals surface area contributed by atoms with Crippen LogP contribution < -0.4 is 5.32 Å². The molecule has 1 saturated carbocycles. The van der Waals surface area contributed by atoms with Crippen LogP contribution in [0.4, 0.5) is 4.39 Å². The first-order valence-electron chi connectivity index (χ1n) is 11.3. The smallest absolute Gasteiger partial charge is 0.308 e. The maximum Gasteiger partial charge on any atom is 0.308 e. The monoisotopic (exact) mass is 470 g/mol. The maximum absolute atomic E-state index is 14.9. The third-order valence-electron chi connectivity index (χ3n) is 6.75. The third-order valence-corrected chi connectivity index (χ3v) is 7.00. The van der Waals surface area contributed by atoms with Gasteiger partial charge in [0, 0.05) is 29.2 Å². The van der Waals surface area contributed by atoms with Crippen molar-refractivity contribution >= 4 is 34.4 Å². The van der Waals surface area contributed by atoms with E-state index in [-0.39, 0.29) is 29.4 Å². The van der Waals surface area contributed by atoms with E-state index in [1.165, 1.54) is 13.2 Å². The summed E-state index contributed by atoms with van der Waals surface area (Å²) in [7, 11) is 1.41. The number of ether oxygens (including phenoxy) is 1. The Morgan fingerprint density at radius 1 is 1.12 bits per heavy atom. The highest BCUT2D eigenvalue weighted by atomic mass is 35.5. The summed E-state index contributed by atoms with van der Waals surface area (Å²) >= 11 is 5.99. The maximum atomic E-state index is 14.9. The fourth-order valence-electron chi connectivity index (χ4n) is 4.82. The van der Waals surface area contributed by atoms with Crippen LogP contribution in [0.1, 0.15) is 48.5 Å². The number of amides is 1. The predicted molar refractivity (Wildman–Crippen MR) is 127 cm³/mol. The summed E-state index contributed by atoms with van der Waals surface area (Å²) < 4.78 is 21.7. The molecule has 0 bridgehead atoms. The van der Waals surface area contributed by atoms with Crippen molar-refractivity contribution in [3.8, 4) is 0 Å². The summed E-state index contributed by atoms with van der Waals surface area (Å²) in [6.45, 7) is 2.45. The van der Waals surface area contributed by atoms with Crippen LogP contribution in [0.5, 0.6) is 0 Å². The Bertz CT molecular complexity index is 1150. The zero-order chi connectivity index (χ0) is 23.5. The first-order valence-corrected chi connectivity index (χ1v) is 11.7. The Morgan fingerprint density at radius 3 is 2.48 bits per heavy atom. The van der Waals surface area contributed by atoms with E-state index in [9.17, 15) is 14.0 Å². The molecule has 33 heavy (non-hydrogen) atoms. The number of esters is 1. The number of nitrogens with one attached hydrogen (secondary N) is 1. The highest BCUT2D eigenvalue weighted by Crippen LogP contribution is 2.32. The van der Waals surface area contributed by atoms with E-state index in [1.54, 1.807) is 6.07 Å². The van der Waals surface area contributed by atoms with E-state index >= 15 is 0 Å². The van der Waals surface area contributed by atoms with Crippen molar-refractivity contribution in [3.05, 3.63) is 70.6 Å². The molecular formula is C26H28ClFN2O3. The summed E-state index contributed by atoms with van der Waals surface area (Å²) in [5.74, 6) is -0.968. The molecule has 0 saturated heterocycles. The van der Waals surface area contributed by atoms with Crippen LogP contribution in [0, 0.1) is 17.7 Å². The predicted octanol–water partition coefficient (Wildman–Crippen LogP) is 5.58. The molecule has 1 aliphatic rings. The van der Waals surface area contributed by atoms with Gasteiger partial charge >= 0.3 is 5.97 Å². The summed E-state index contributed by atoms with van der Waals surface area (Å²) in [4.78, 5) is 25.0. The number of rotatable bonds is 6. The normalized spacial score (nSPS) is 19.3. The molecule has 4 rings (SSSR count). The minimum atomic E-state index is -0.544. The summed E-state index contributed by atoms with van der Waals surface area (Å²) in [6, 6.07) is 12.2. The Labute approximate surface area is 197 Å². The van der Waals surface area contributed by atoms with Crippen molar-refractivity contribution in [2.24, 2.45) is 11.8 Å². The Kier molecular flexibility index (Phi) is 7.03. The second kappa shape index (κ2) is 9.96. The van der Waals surface area contributed by atoms with Crippen molar-refractivity contribution < 1.29 is 18.7 Å². The highest BCUT2D eigenvalue weighted by Gasteiger charge is 2.31. The van der Waals surface area contributed by atoms with Gasteiger partial charge < -0.3 is 14.6 Å². The van der Waals surface area contributed by atoms with Crippen LogP contribution in [-0.4, -0.2) is 29.6 Å². The molecule has 1 aromatic heterocycles. The van der Waals surface area contributed by atoms with E-state index in [0.29, 0.717) is 17.1 Å². The van der Waals surface area contributed by atoms with Gasteiger partial charge in [-0.05, 0) is 74.4 Å². The quantitative estimate of drug-likeness (QED) is 0.478. The molecule has 0 spiro atoms. The largest absolute Gasteiger partial charge is 0.469 e. The SMILES string of the molecule is COC(=O)[C@H]1CC[C@H](C(C)NC(=O)c2c(F)ccc3ccn(Cc4ccc(Cl)cc4)c23)CC1. The number of hydrogen-bond donors (Lipinski definition) is 1. The average molecular weight is 471 g/mol. The zero-order valence-corrected chi connectivity index (χ0v) is 19.6. The van der Waals surface area contributed by atoms with Gasteiger partial charge in [0.25, 0.3) is 5.91 Å². The molecule has 1 fully saturated rings. The van der Waals surface area contributed by atoms with Gasteiger partial charge in [0.1, 0.15) is 5.82 Å². The van der Waals surface area contributed by atoms with Gasteiger partial charge in [0.2, 0.25) is 0 Å². The molecule has 3 aromatic rings. The minimum absolute atomic E-state index is 0.0570. The number of fused-ring (bicyclic) bond motifs is 1. The molecule has 0 radical (unpaired) electrons. The fraction of sp³-hybridized carbons (Fsp3) is 0.385. The molecule has 5 nitrogen and oxygen atoms in total. The first-order chi connectivity index (χ1) is 15.9. The average Bonchev–Trinajstić information content (AvgIpc) is 3.22. The number of benzene rings is 2. The van der Waals surface area contributed by atoms with Gasteiger partial charge in [0.15, 0.2) is 0 Å². The van der Waals surface area contributed by atoms with E-state index in [0.717, 1.165) is 36.6 Å². The molecular weight excluding hydrogens is 443 g/mol. The van der Waals surface area contributed by atoms with Crippen LogP contribution in [0.25, 0.3) is 10.9 Å². The number of halogens is 2. The lowest BCUT2D eigenvalue weighted by atomic mass is 9.79. The summed E-state index contributed by atoms with van der Waals surface area (Å²) in [6.07, 6.45) is 4.99. The molecule has 0 aliphatic heterocycles. The van der Waals surface area contributed by atoms with Gasteiger partial charge in [0.05, 0.1) is 24.1 Å². The molecule has 1 unspecified atom stereocenters. The molecule has 1 aliphatic carbocycles. The van der Waals surface area contributed by atoms with E-state index in [2.05, 4.69) is 5.32 Å². The highest BCUT2D eigenvalue weighted by molar-refractivity contribution is 6.30. The molecule has 2 aromatic carbocycles. The minimum Gasteiger partial charge on any atom is -0.469 e. The van der Waals surface area contributed by atoms with Crippen molar-refractivity contribution in [1.29, 1.82) is 0 Å². The van der Waals surface area contributed by atoms with Crippen LogP contribution in [-0.2, 0) is 16.1 Å². The zero-order valence-electron chi connectivity index (χ0n) is 18.8. The number of hydrogen-bond acceptors (Lipinski definition) is 3. The lowest BCUT2D eigenvalue weighted by Gasteiger charge is -2.31. The van der Waals surface area contributed by atoms with Crippen LogP contribution in [0.3, 0.4) is 0 Å². The lowest BCUT2D eigenvalue weighted by molar-refractivity contribution is -0.146. The Balaban J connectivity index is 1.53. The van der Waals surface area contributed by atoms with E-state index < -0.39 is 11.7 Å². The number of nitrogens with zero attached hydrogens (tertiary/aromatic N) is 1. The van der Waals surface area contributed by atoms with Crippen molar-refractivity contribution in [2.45, 2.75) is 45.2 Å². The van der Waals surface area contributed by atoms with Gasteiger partial charge in [-0.1, -0.05) is 23.7 Å². The second-order valence-electron chi connectivity index (χ2n) is 8.83. The van der Waals surface area contributed by atoms with Crippen LogP contribution >= 0.6 is 11.6 Å². The van der Waals surface area contributed by atoms with Crippen molar-refractivity contribution in [1.82, 2.24) is 9.88 Å². The third kappa shape index (κ3) is 5.06. The number of methoxy groups -OCH3 is 1. The molecule has 174 valence electrons. The van der Waals surface area contributed by atoms with Gasteiger partial charge in [-0.3, -0.25) is 9.59 Å². The van der Waals surface area contributed by atoms with Crippen LogP contribution in [0.2, 0.25) is 5.02 Å². The summed E-state index contributed by atoms with van der Waals surface area (Å²) in [5.41, 5.74) is 1.63. The molecule has 1 atom stereocenters. The van der Waals surface area contributed by atoms with Gasteiger partial charge in [-0.25, -0.2) is 4.39 Å². The number of aromatic nitrogens is 1. The van der Waals surface area contributed by atoms with Crippen LogP contribution in [0.15, 0.2) is 48.7 Å². The second-order valence-corrected chi connectivity index (χ2v) is 9.26. The van der Waals surface area contributed by atoms with E-state index in [1.807, 2.05) is 48.0 Å².